The number of hydrogen-bond acceptors (Lipinski definition) is 5. The molecule has 1 N–H and O–H groups in total. The van der Waals surface area contributed by atoms with Crippen LogP contribution in [-0.2, 0) is 9.53 Å². The van der Waals surface area contributed by atoms with Gasteiger partial charge in [0.2, 0.25) is 0 Å². The summed E-state index contributed by atoms with van der Waals surface area (Å²) in [6, 6.07) is 16.9. The van der Waals surface area contributed by atoms with Gasteiger partial charge >= 0.3 is 6.03 Å². The van der Waals surface area contributed by atoms with Gasteiger partial charge in [-0.2, -0.15) is 5.10 Å². The van der Waals surface area contributed by atoms with Crippen molar-refractivity contribution in [2.75, 3.05) is 40.5 Å². The second-order valence-corrected chi connectivity index (χ2v) is 7.40. The lowest BCUT2D eigenvalue weighted by Crippen LogP contribution is -2.47. The van der Waals surface area contributed by atoms with E-state index in [1.165, 1.54) is 9.91 Å². The zero-order chi connectivity index (χ0) is 22.9. The highest BCUT2D eigenvalue weighted by Gasteiger charge is 2.34. The van der Waals surface area contributed by atoms with Crippen molar-refractivity contribution < 1.29 is 19.1 Å². The Balaban J connectivity index is 1.88. The number of methoxy groups -OCH3 is 2. The summed E-state index contributed by atoms with van der Waals surface area (Å²) in [7, 11) is 3.18. The SMILES string of the molecule is CCNC(=O)N(CCOC)CC(=O)N1N=C(c2cccc(OC)c2)CC1c1ccccc1. The third-order valence-electron chi connectivity index (χ3n) is 5.26. The molecule has 3 rings (SSSR count). The first kappa shape index (κ1) is 23.3. The number of amides is 3. The van der Waals surface area contributed by atoms with E-state index in [9.17, 15) is 9.59 Å². The molecule has 0 spiro atoms. The molecule has 170 valence electrons. The number of hydrogen-bond donors (Lipinski definition) is 1. The van der Waals surface area contributed by atoms with Crippen molar-refractivity contribution in [1.29, 1.82) is 0 Å². The smallest absolute Gasteiger partial charge is 0.317 e. The van der Waals surface area contributed by atoms with Crippen molar-refractivity contribution in [1.82, 2.24) is 15.2 Å². The zero-order valence-electron chi connectivity index (χ0n) is 18.8. The molecule has 1 aliphatic rings. The number of benzene rings is 2. The third kappa shape index (κ3) is 5.64. The van der Waals surface area contributed by atoms with Gasteiger partial charge < -0.3 is 19.7 Å². The Morgan fingerprint density at radius 1 is 1.16 bits per heavy atom. The first-order chi connectivity index (χ1) is 15.6. The van der Waals surface area contributed by atoms with Crippen LogP contribution < -0.4 is 10.1 Å². The Morgan fingerprint density at radius 2 is 1.94 bits per heavy atom. The summed E-state index contributed by atoms with van der Waals surface area (Å²) in [5, 5.41) is 8.94. The Kier molecular flexibility index (Phi) is 8.21. The van der Waals surface area contributed by atoms with E-state index in [1.54, 1.807) is 14.2 Å². The van der Waals surface area contributed by atoms with E-state index in [0.717, 1.165) is 22.6 Å². The molecular weight excluding hydrogens is 408 g/mol. The van der Waals surface area contributed by atoms with Gasteiger partial charge in [0.05, 0.1) is 25.5 Å². The molecular formula is C24H30N4O4. The van der Waals surface area contributed by atoms with Crippen LogP contribution in [0.2, 0.25) is 0 Å². The average Bonchev–Trinajstić information content (AvgIpc) is 3.28. The summed E-state index contributed by atoms with van der Waals surface area (Å²) in [5.41, 5.74) is 2.69. The normalized spacial score (nSPS) is 15.3. The van der Waals surface area contributed by atoms with Gasteiger partial charge in [-0.05, 0) is 24.6 Å². The summed E-state index contributed by atoms with van der Waals surface area (Å²) < 4.78 is 10.5. The third-order valence-corrected chi connectivity index (χ3v) is 5.26. The summed E-state index contributed by atoms with van der Waals surface area (Å²) in [4.78, 5) is 27.2. The van der Waals surface area contributed by atoms with E-state index in [1.807, 2.05) is 61.5 Å². The summed E-state index contributed by atoms with van der Waals surface area (Å²) in [6.07, 6.45) is 0.572. The number of carbonyl (C=O) groups is 2. The number of nitrogens with one attached hydrogen (secondary N) is 1. The van der Waals surface area contributed by atoms with Crippen LogP contribution in [0.1, 0.15) is 30.5 Å². The molecule has 0 radical (unpaired) electrons. The highest BCUT2D eigenvalue weighted by Crippen LogP contribution is 2.33. The second kappa shape index (κ2) is 11.3. The molecule has 0 saturated carbocycles. The van der Waals surface area contributed by atoms with Crippen LogP contribution in [0.25, 0.3) is 0 Å². The quantitative estimate of drug-likeness (QED) is 0.652. The fraction of sp³-hybridized carbons (Fsp3) is 0.375. The predicted molar refractivity (Wildman–Crippen MR) is 123 cm³/mol. The number of urea groups is 1. The van der Waals surface area contributed by atoms with Crippen molar-refractivity contribution in [3.63, 3.8) is 0 Å². The Labute approximate surface area is 188 Å². The van der Waals surface area contributed by atoms with Crippen LogP contribution in [0.5, 0.6) is 5.75 Å². The van der Waals surface area contributed by atoms with Crippen molar-refractivity contribution in [2.45, 2.75) is 19.4 Å². The predicted octanol–water partition coefficient (Wildman–Crippen LogP) is 3.05. The van der Waals surface area contributed by atoms with Crippen LogP contribution in [0.4, 0.5) is 4.79 Å². The Morgan fingerprint density at radius 3 is 2.62 bits per heavy atom. The molecule has 0 saturated heterocycles. The molecule has 2 aromatic carbocycles. The van der Waals surface area contributed by atoms with Crippen LogP contribution in [0, 0.1) is 0 Å². The van der Waals surface area contributed by atoms with Crippen molar-refractivity contribution in [3.8, 4) is 5.75 Å². The van der Waals surface area contributed by atoms with Gasteiger partial charge in [-0.1, -0.05) is 42.5 Å². The summed E-state index contributed by atoms with van der Waals surface area (Å²) in [5.74, 6) is 0.479. The maximum absolute atomic E-state index is 13.3. The zero-order valence-corrected chi connectivity index (χ0v) is 18.8. The minimum Gasteiger partial charge on any atom is -0.497 e. The van der Waals surface area contributed by atoms with Crippen molar-refractivity contribution in [3.05, 3.63) is 65.7 Å². The fourth-order valence-corrected chi connectivity index (χ4v) is 3.60. The minimum atomic E-state index is -0.301. The van der Waals surface area contributed by atoms with Gasteiger partial charge in [-0.3, -0.25) is 4.79 Å². The van der Waals surface area contributed by atoms with Gasteiger partial charge in [0.15, 0.2) is 0 Å². The lowest BCUT2D eigenvalue weighted by atomic mass is 9.98. The lowest BCUT2D eigenvalue weighted by Gasteiger charge is -2.27. The highest BCUT2D eigenvalue weighted by atomic mass is 16.5. The molecule has 32 heavy (non-hydrogen) atoms. The van der Waals surface area contributed by atoms with E-state index in [4.69, 9.17) is 9.47 Å². The summed E-state index contributed by atoms with van der Waals surface area (Å²) >= 11 is 0. The van der Waals surface area contributed by atoms with Gasteiger partial charge in [0, 0.05) is 32.2 Å². The summed E-state index contributed by atoms with van der Waals surface area (Å²) in [6.45, 7) is 2.87. The molecule has 1 atom stereocenters. The average molecular weight is 439 g/mol. The maximum atomic E-state index is 13.3. The minimum absolute atomic E-state index is 0.0899. The molecule has 1 aliphatic heterocycles. The topological polar surface area (TPSA) is 83.5 Å². The first-order valence-corrected chi connectivity index (χ1v) is 10.7. The number of ether oxygens (including phenoxy) is 2. The molecule has 3 amide bonds. The fourth-order valence-electron chi connectivity index (χ4n) is 3.60. The Bertz CT molecular complexity index is 948. The van der Waals surface area contributed by atoms with Gasteiger partial charge in [-0.15, -0.1) is 0 Å². The van der Waals surface area contributed by atoms with Crippen molar-refractivity contribution >= 4 is 17.6 Å². The molecule has 0 fully saturated rings. The molecule has 0 aliphatic carbocycles. The molecule has 2 aromatic rings. The molecule has 1 heterocycles. The van der Waals surface area contributed by atoms with E-state index in [-0.39, 0.29) is 24.5 Å². The number of carbonyl (C=O) groups excluding carboxylic acids is 2. The lowest BCUT2D eigenvalue weighted by molar-refractivity contribution is -0.133. The van der Waals surface area contributed by atoms with Gasteiger partial charge in [0.1, 0.15) is 12.3 Å². The molecule has 8 heteroatoms. The largest absolute Gasteiger partial charge is 0.497 e. The Hall–Kier alpha value is -3.39. The highest BCUT2D eigenvalue weighted by molar-refractivity contribution is 6.03. The van der Waals surface area contributed by atoms with E-state index >= 15 is 0 Å². The first-order valence-electron chi connectivity index (χ1n) is 10.7. The van der Waals surface area contributed by atoms with Gasteiger partial charge in [-0.25, -0.2) is 9.80 Å². The van der Waals surface area contributed by atoms with Crippen LogP contribution in [-0.4, -0.2) is 68.0 Å². The van der Waals surface area contributed by atoms with E-state index in [2.05, 4.69) is 10.4 Å². The standard InChI is InChI=1S/C24H30N4O4/c1-4-25-24(30)27(13-14-31-2)17-23(29)28-22(18-9-6-5-7-10-18)16-21(26-28)19-11-8-12-20(15-19)32-3/h5-12,15,22H,4,13-14,16-17H2,1-3H3,(H,25,30). The monoisotopic (exact) mass is 438 g/mol. The number of nitrogens with zero attached hydrogens (tertiary/aromatic N) is 3. The van der Waals surface area contributed by atoms with Crippen LogP contribution >= 0.6 is 0 Å². The molecule has 8 nitrogen and oxygen atoms in total. The van der Waals surface area contributed by atoms with Crippen LogP contribution in [0.3, 0.4) is 0 Å². The second-order valence-electron chi connectivity index (χ2n) is 7.40. The number of hydrazone groups is 1. The van der Waals surface area contributed by atoms with Crippen molar-refractivity contribution in [2.24, 2.45) is 5.10 Å². The van der Waals surface area contributed by atoms with E-state index < -0.39 is 0 Å². The number of rotatable bonds is 9. The van der Waals surface area contributed by atoms with E-state index in [0.29, 0.717) is 26.1 Å². The van der Waals surface area contributed by atoms with Crippen LogP contribution in [0.15, 0.2) is 59.7 Å². The molecule has 0 bridgehead atoms. The molecule has 0 aromatic heterocycles. The molecule has 1 unspecified atom stereocenters. The van der Waals surface area contributed by atoms with Gasteiger partial charge in [0.25, 0.3) is 5.91 Å². The maximum Gasteiger partial charge on any atom is 0.317 e.